The molecular formula is C13H13NO2S. The molecule has 0 unspecified atom stereocenters. The van der Waals surface area contributed by atoms with Crippen LogP contribution in [0.5, 0.6) is 0 Å². The third-order valence-electron chi connectivity index (χ3n) is 2.34. The van der Waals surface area contributed by atoms with Gasteiger partial charge in [0.25, 0.3) is 0 Å². The topological polar surface area (TPSA) is 52.3 Å². The van der Waals surface area contributed by atoms with Crippen LogP contribution in [0.2, 0.25) is 0 Å². The quantitative estimate of drug-likeness (QED) is 0.667. The molecule has 4 heteroatoms. The molecule has 0 spiro atoms. The Morgan fingerprint density at radius 1 is 1.24 bits per heavy atom. The summed E-state index contributed by atoms with van der Waals surface area (Å²) in [5.41, 5.74) is 6.57. The van der Waals surface area contributed by atoms with Gasteiger partial charge in [-0.15, -0.1) is 11.3 Å². The third kappa shape index (κ3) is 3.07. The Morgan fingerprint density at radius 3 is 2.76 bits per heavy atom. The smallest absolute Gasteiger partial charge is 0.340 e. The molecular weight excluding hydrogens is 234 g/mol. The zero-order chi connectivity index (χ0) is 12.1. The summed E-state index contributed by atoms with van der Waals surface area (Å²) in [4.78, 5) is 12.9. The molecule has 1 aromatic heterocycles. The number of benzene rings is 1. The van der Waals surface area contributed by atoms with Crippen molar-refractivity contribution >= 4 is 23.0 Å². The predicted molar refractivity (Wildman–Crippen MR) is 69.2 cm³/mol. The van der Waals surface area contributed by atoms with Gasteiger partial charge in [0, 0.05) is 17.0 Å². The average molecular weight is 247 g/mol. The number of anilines is 1. The Labute approximate surface area is 104 Å². The van der Waals surface area contributed by atoms with E-state index in [-0.39, 0.29) is 5.97 Å². The van der Waals surface area contributed by atoms with Gasteiger partial charge in [-0.3, -0.25) is 0 Å². The second kappa shape index (κ2) is 5.50. The summed E-state index contributed by atoms with van der Waals surface area (Å²) >= 11 is 1.66. The van der Waals surface area contributed by atoms with Crippen molar-refractivity contribution in [3.8, 4) is 0 Å². The molecule has 0 aliphatic heterocycles. The van der Waals surface area contributed by atoms with Crippen molar-refractivity contribution in [2.45, 2.75) is 6.42 Å². The summed E-state index contributed by atoms with van der Waals surface area (Å²) in [7, 11) is 0. The van der Waals surface area contributed by atoms with Gasteiger partial charge in [0.05, 0.1) is 12.2 Å². The van der Waals surface area contributed by atoms with Crippen molar-refractivity contribution in [3.05, 3.63) is 52.2 Å². The van der Waals surface area contributed by atoms with Crippen molar-refractivity contribution < 1.29 is 9.53 Å². The van der Waals surface area contributed by atoms with Crippen LogP contribution >= 0.6 is 11.3 Å². The number of rotatable bonds is 4. The highest BCUT2D eigenvalue weighted by molar-refractivity contribution is 7.09. The van der Waals surface area contributed by atoms with Crippen molar-refractivity contribution in [1.82, 2.24) is 0 Å². The maximum Gasteiger partial charge on any atom is 0.340 e. The minimum atomic E-state index is -0.361. The Morgan fingerprint density at radius 2 is 2.06 bits per heavy atom. The van der Waals surface area contributed by atoms with Crippen LogP contribution < -0.4 is 5.73 Å². The van der Waals surface area contributed by atoms with Crippen LogP contribution in [-0.4, -0.2) is 12.6 Å². The molecule has 0 atom stereocenters. The first-order valence-corrected chi connectivity index (χ1v) is 6.19. The number of hydrogen-bond donors (Lipinski definition) is 1. The van der Waals surface area contributed by atoms with E-state index in [0.29, 0.717) is 17.9 Å². The zero-order valence-electron chi connectivity index (χ0n) is 9.26. The summed E-state index contributed by atoms with van der Waals surface area (Å²) < 4.78 is 5.17. The Bertz CT molecular complexity index is 494. The first kappa shape index (κ1) is 11.7. The van der Waals surface area contributed by atoms with Crippen molar-refractivity contribution in [1.29, 1.82) is 0 Å². The van der Waals surface area contributed by atoms with Gasteiger partial charge >= 0.3 is 5.97 Å². The monoisotopic (exact) mass is 247 g/mol. The lowest BCUT2D eigenvalue weighted by Crippen LogP contribution is -2.10. The van der Waals surface area contributed by atoms with E-state index in [1.54, 1.807) is 35.6 Å². The van der Waals surface area contributed by atoms with Gasteiger partial charge < -0.3 is 10.5 Å². The van der Waals surface area contributed by atoms with E-state index >= 15 is 0 Å². The van der Waals surface area contributed by atoms with E-state index in [2.05, 4.69) is 0 Å². The molecule has 1 aromatic carbocycles. The lowest BCUT2D eigenvalue weighted by molar-refractivity contribution is 0.0511. The fourth-order valence-electron chi connectivity index (χ4n) is 1.46. The number of nitrogen functional groups attached to an aromatic ring is 1. The molecule has 0 amide bonds. The van der Waals surface area contributed by atoms with Crippen molar-refractivity contribution in [3.63, 3.8) is 0 Å². The predicted octanol–water partition coefficient (Wildman–Crippen LogP) is 2.73. The van der Waals surface area contributed by atoms with Gasteiger partial charge in [-0.1, -0.05) is 18.2 Å². The highest BCUT2D eigenvalue weighted by atomic mass is 32.1. The SMILES string of the molecule is Nc1ccccc1C(=O)OCCc1cccs1. The number of esters is 1. The summed E-state index contributed by atoms with van der Waals surface area (Å²) in [6.45, 7) is 0.383. The molecule has 0 aliphatic carbocycles. The van der Waals surface area contributed by atoms with Gasteiger partial charge in [0.15, 0.2) is 0 Å². The second-order valence-corrected chi connectivity index (χ2v) is 4.58. The van der Waals surface area contributed by atoms with Crippen LogP contribution in [0.1, 0.15) is 15.2 Å². The number of carbonyl (C=O) groups excluding carboxylic acids is 1. The minimum absolute atomic E-state index is 0.361. The Kier molecular flexibility index (Phi) is 3.77. The Balaban J connectivity index is 1.88. The van der Waals surface area contributed by atoms with Crippen LogP contribution in [0.15, 0.2) is 41.8 Å². The van der Waals surface area contributed by atoms with Crippen molar-refractivity contribution in [2.24, 2.45) is 0 Å². The van der Waals surface area contributed by atoms with Gasteiger partial charge in [-0.2, -0.15) is 0 Å². The molecule has 2 rings (SSSR count). The molecule has 1 heterocycles. The Hall–Kier alpha value is -1.81. The fraction of sp³-hybridized carbons (Fsp3) is 0.154. The highest BCUT2D eigenvalue weighted by Gasteiger charge is 2.09. The largest absolute Gasteiger partial charge is 0.462 e. The molecule has 88 valence electrons. The van der Waals surface area contributed by atoms with E-state index in [1.807, 2.05) is 17.5 Å². The highest BCUT2D eigenvalue weighted by Crippen LogP contribution is 2.13. The van der Waals surface area contributed by atoms with Crippen LogP contribution in [0.25, 0.3) is 0 Å². The average Bonchev–Trinajstić information content (AvgIpc) is 2.82. The molecule has 0 radical (unpaired) electrons. The zero-order valence-corrected chi connectivity index (χ0v) is 10.1. The van der Waals surface area contributed by atoms with Gasteiger partial charge in [-0.25, -0.2) is 4.79 Å². The summed E-state index contributed by atoms with van der Waals surface area (Å²) in [5, 5.41) is 2.01. The fourth-order valence-corrected chi connectivity index (χ4v) is 2.15. The third-order valence-corrected chi connectivity index (χ3v) is 3.28. The van der Waals surface area contributed by atoms with E-state index in [1.165, 1.54) is 4.88 Å². The summed E-state index contributed by atoms with van der Waals surface area (Å²) in [5.74, 6) is -0.361. The molecule has 0 bridgehead atoms. The number of thiophene rings is 1. The van der Waals surface area contributed by atoms with Crippen LogP contribution in [0.4, 0.5) is 5.69 Å². The summed E-state index contributed by atoms with van der Waals surface area (Å²) in [6, 6.07) is 10.9. The number of hydrogen-bond acceptors (Lipinski definition) is 4. The standard InChI is InChI=1S/C13H13NO2S/c14-12-6-2-1-5-11(12)13(15)16-8-7-10-4-3-9-17-10/h1-6,9H,7-8,14H2. The maximum absolute atomic E-state index is 11.7. The van der Waals surface area contributed by atoms with Crippen LogP contribution in [0.3, 0.4) is 0 Å². The molecule has 17 heavy (non-hydrogen) atoms. The van der Waals surface area contributed by atoms with Crippen molar-refractivity contribution in [2.75, 3.05) is 12.3 Å². The van der Waals surface area contributed by atoms with E-state index < -0.39 is 0 Å². The van der Waals surface area contributed by atoms with Gasteiger partial charge in [0.2, 0.25) is 0 Å². The number of carbonyl (C=O) groups is 1. The lowest BCUT2D eigenvalue weighted by Gasteiger charge is -2.05. The van der Waals surface area contributed by atoms with Crippen LogP contribution in [-0.2, 0) is 11.2 Å². The molecule has 2 N–H and O–H groups in total. The van der Waals surface area contributed by atoms with Gasteiger partial charge in [-0.05, 0) is 23.6 Å². The minimum Gasteiger partial charge on any atom is -0.462 e. The molecule has 0 saturated carbocycles. The van der Waals surface area contributed by atoms with E-state index in [9.17, 15) is 4.79 Å². The summed E-state index contributed by atoms with van der Waals surface area (Å²) in [6.07, 6.45) is 0.746. The van der Waals surface area contributed by atoms with E-state index in [4.69, 9.17) is 10.5 Å². The normalized spacial score (nSPS) is 10.1. The number of ether oxygens (including phenoxy) is 1. The van der Waals surface area contributed by atoms with E-state index in [0.717, 1.165) is 6.42 Å². The lowest BCUT2D eigenvalue weighted by atomic mass is 10.2. The van der Waals surface area contributed by atoms with Crippen LogP contribution in [0, 0.1) is 0 Å². The first-order chi connectivity index (χ1) is 8.27. The molecule has 2 aromatic rings. The maximum atomic E-state index is 11.7. The number of para-hydroxylation sites is 1. The molecule has 0 fully saturated rings. The van der Waals surface area contributed by atoms with Gasteiger partial charge in [0.1, 0.15) is 0 Å². The molecule has 0 saturated heterocycles. The molecule has 0 aliphatic rings. The second-order valence-electron chi connectivity index (χ2n) is 3.55. The first-order valence-electron chi connectivity index (χ1n) is 5.31. The number of nitrogens with two attached hydrogens (primary N) is 1. The molecule has 3 nitrogen and oxygen atoms in total.